The Morgan fingerprint density at radius 3 is 1.03 bits per heavy atom. The Morgan fingerprint density at radius 1 is 0.484 bits per heavy atom. The molecule has 0 aliphatic carbocycles. The van der Waals surface area contributed by atoms with E-state index in [-0.39, 0.29) is 0 Å². The molecule has 0 saturated carbocycles. The standard InChI is InChI=1S/C29H30As2/c1-2-3-24-29(30(25-16-8-4-9-17-25)26-18-10-5-11-19-26)31(27-20-12-6-13-21-27)28-22-14-7-15-23-28/h4-23,29H,2-3,24H2,1H3. The minimum atomic E-state index is -1.52. The Morgan fingerprint density at radius 2 is 0.774 bits per heavy atom. The fraction of sp³-hybridized carbons (Fsp3) is 0.172. The van der Waals surface area contributed by atoms with E-state index in [1.165, 1.54) is 19.3 Å². The van der Waals surface area contributed by atoms with Crippen LogP contribution < -0.4 is 17.4 Å². The van der Waals surface area contributed by atoms with Gasteiger partial charge in [-0.2, -0.15) is 0 Å². The van der Waals surface area contributed by atoms with E-state index in [2.05, 4.69) is 128 Å². The van der Waals surface area contributed by atoms with Gasteiger partial charge in [0.05, 0.1) is 0 Å². The molecule has 4 aromatic rings. The van der Waals surface area contributed by atoms with E-state index in [4.69, 9.17) is 0 Å². The Balaban J connectivity index is 1.89. The molecule has 0 fully saturated rings. The van der Waals surface area contributed by atoms with Gasteiger partial charge in [0.25, 0.3) is 0 Å². The fourth-order valence-electron chi connectivity index (χ4n) is 4.10. The molecule has 31 heavy (non-hydrogen) atoms. The Kier molecular flexibility index (Phi) is 8.29. The second-order valence-electron chi connectivity index (χ2n) is 7.71. The van der Waals surface area contributed by atoms with Gasteiger partial charge in [0, 0.05) is 0 Å². The van der Waals surface area contributed by atoms with Crippen LogP contribution in [0.1, 0.15) is 26.2 Å². The van der Waals surface area contributed by atoms with Crippen LogP contribution in [0.5, 0.6) is 0 Å². The summed E-state index contributed by atoms with van der Waals surface area (Å²) in [6, 6.07) is 45.7. The van der Waals surface area contributed by atoms with Crippen LogP contribution in [0.2, 0.25) is 3.49 Å². The van der Waals surface area contributed by atoms with Gasteiger partial charge in [0.2, 0.25) is 0 Å². The number of rotatable bonds is 9. The molecule has 0 atom stereocenters. The molecule has 0 unspecified atom stereocenters. The predicted octanol–water partition coefficient (Wildman–Crippen LogP) is 4.70. The quantitative estimate of drug-likeness (QED) is 0.277. The SMILES string of the molecule is CCCCC([As](c1ccccc1)c1ccccc1)[As](c1ccccc1)c1ccccc1. The molecule has 0 N–H and O–H groups in total. The van der Waals surface area contributed by atoms with Crippen LogP contribution in [0.25, 0.3) is 0 Å². The zero-order valence-electron chi connectivity index (χ0n) is 18.1. The van der Waals surface area contributed by atoms with Crippen LogP contribution in [-0.2, 0) is 0 Å². The number of unbranched alkanes of at least 4 members (excludes halogenated alkanes) is 1. The van der Waals surface area contributed by atoms with Crippen LogP contribution >= 0.6 is 0 Å². The van der Waals surface area contributed by atoms with Crippen LogP contribution in [0, 0.1) is 0 Å². The monoisotopic (exact) mass is 528 g/mol. The molecule has 4 aromatic carbocycles. The average molecular weight is 528 g/mol. The molecule has 4 rings (SSSR count). The summed E-state index contributed by atoms with van der Waals surface area (Å²) in [6.07, 6.45) is 3.89. The second kappa shape index (κ2) is 11.6. The van der Waals surface area contributed by atoms with Crippen LogP contribution in [0.3, 0.4) is 0 Å². The molecule has 0 radical (unpaired) electrons. The third-order valence-corrected chi connectivity index (χ3v) is 21.3. The molecular weight excluding hydrogens is 498 g/mol. The fourth-order valence-corrected chi connectivity index (χ4v) is 23.0. The van der Waals surface area contributed by atoms with Crippen LogP contribution in [0.4, 0.5) is 0 Å². The summed E-state index contributed by atoms with van der Waals surface area (Å²) in [4.78, 5) is 0. The summed E-state index contributed by atoms with van der Waals surface area (Å²) in [5, 5.41) is 0. The Hall–Kier alpha value is -2.00. The van der Waals surface area contributed by atoms with Gasteiger partial charge in [-0.05, 0) is 0 Å². The summed E-state index contributed by atoms with van der Waals surface area (Å²) in [7, 11) is 0. The summed E-state index contributed by atoms with van der Waals surface area (Å²) < 4.78 is 7.12. The van der Waals surface area contributed by atoms with Gasteiger partial charge in [0.1, 0.15) is 0 Å². The number of hydrogen-bond acceptors (Lipinski definition) is 0. The van der Waals surface area contributed by atoms with Gasteiger partial charge in [-0.25, -0.2) is 0 Å². The molecule has 156 valence electrons. The number of hydrogen-bond donors (Lipinski definition) is 0. The maximum absolute atomic E-state index is 2.40. The van der Waals surface area contributed by atoms with Gasteiger partial charge < -0.3 is 0 Å². The van der Waals surface area contributed by atoms with Crippen molar-refractivity contribution in [2.45, 2.75) is 29.7 Å². The molecule has 0 spiro atoms. The van der Waals surface area contributed by atoms with Crippen molar-refractivity contribution < 1.29 is 0 Å². The van der Waals surface area contributed by atoms with Crippen molar-refractivity contribution in [3.63, 3.8) is 0 Å². The maximum atomic E-state index is 2.40. The van der Waals surface area contributed by atoms with E-state index in [0.29, 0.717) is 0 Å². The van der Waals surface area contributed by atoms with Crippen molar-refractivity contribution in [2.75, 3.05) is 0 Å². The molecule has 2 heteroatoms. The third kappa shape index (κ3) is 5.63. The Bertz CT molecular complexity index is 855. The molecule has 0 nitrogen and oxygen atoms in total. The molecule has 0 saturated heterocycles. The van der Waals surface area contributed by atoms with Crippen LogP contribution in [-0.4, -0.2) is 29.3 Å². The van der Waals surface area contributed by atoms with Gasteiger partial charge >= 0.3 is 198 Å². The van der Waals surface area contributed by atoms with Crippen molar-refractivity contribution in [3.05, 3.63) is 121 Å². The van der Waals surface area contributed by atoms with Crippen molar-refractivity contribution in [2.24, 2.45) is 0 Å². The zero-order valence-corrected chi connectivity index (χ0v) is 21.9. The Labute approximate surface area is 196 Å². The van der Waals surface area contributed by atoms with Crippen LogP contribution in [0.15, 0.2) is 121 Å². The predicted molar refractivity (Wildman–Crippen MR) is 139 cm³/mol. The number of benzene rings is 4. The van der Waals surface area contributed by atoms with Crippen molar-refractivity contribution in [1.29, 1.82) is 0 Å². The average Bonchev–Trinajstić information content (AvgIpc) is 2.85. The van der Waals surface area contributed by atoms with Gasteiger partial charge in [-0.15, -0.1) is 0 Å². The second-order valence-corrected chi connectivity index (χ2v) is 19.7. The van der Waals surface area contributed by atoms with E-state index in [1.807, 2.05) is 0 Å². The molecule has 0 amide bonds. The summed E-state index contributed by atoms with van der Waals surface area (Å²) in [5.41, 5.74) is 0. The van der Waals surface area contributed by atoms with Crippen molar-refractivity contribution >= 4 is 46.7 Å². The zero-order chi connectivity index (χ0) is 21.3. The summed E-state index contributed by atoms with van der Waals surface area (Å²) in [5.74, 6) is 0. The van der Waals surface area contributed by atoms with Gasteiger partial charge in [-0.3, -0.25) is 0 Å². The van der Waals surface area contributed by atoms with Crippen molar-refractivity contribution in [1.82, 2.24) is 0 Å². The molecule has 0 bridgehead atoms. The summed E-state index contributed by atoms with van der Waals surface area (Å²) >= 11 is -3.04. The minimum absolute atomic E-state index is 0.759. The first-order valence-corrected chi connectivity index (χ1v) is 17.1. The van der Waals surface area contributed by atoms with E-state index in [1.54, 1.807) is 17.4 Å². The third-order valence-electron chi connectivity index (χ3n) is 5.55. The molecular formula is C29H30As2. The first-order valence-electron chi connectivity index (χ1n) is 11.2. The van der Waals surface area contributed by atoms with Gasteiger partial charge in [-0.1, -0.05) is 0 Å². The topological polar surface area (TPSA) is 0 Å². The van der Waals surface area contributed by atoms with Gasteiger partial charge in [0.15, 0.2) is 0 Å². The molecule has 0 heterocycles. The molecule has 0 aliphatic heterocycles. The first-order chi connectivity index (χ1) is 15.4. The van der Waals surface area contributed by atoms with E-state index in [9.17, 15) is 0 Å². The van der Waals surface area contributed by atoms with Crippen molar-refractivity contribution in [3.8, 4) is 0 Å². The molecule has 0 aliphatic rings. The normalized spacial score (nSPS) is 11.4. The first kappa shape index (κ1) is 22.2. The molecule has 0 aromatic heterocycles. The van der Waals surface area contributed by atoms with E-state index in [0.717, 1.165) is 3.49 Å². The van der Waals surface area contributed by atoms with E-state index >= 15 is 0 Å². The summed E-state index contributed by atoms with van der Waals surface area (Å²) in [6.45, 7) is 2.34. The van der Waals surface area contributed by atoms with E-state index < -0.39 is 29.3 Å².